The number of halogens is 1. The van der Waals surface area contributed by atoms with Gasteiger partial charge in [-0.25, -0.2) is 8.42 Å². The maximum Gasteiger partial charge on any atom is 0.264 e. The minimum Gasteiger partial charge on any atom is -0.495 e. The van der Waals surface area contributed by atoms with Crippen LogP contribution in [0.3, 0.4) is 0 Å². The number of aryl methyl sites for hydroxylation is 1. The van der Waals surface area contributed by atoms with Gasteiger partial charge in [-0.1, -0.05) is 42.1 Å². The van der Waals surface area contributed by atoms with Gasteiger partial charge in [0.1, 0.15) is 12.3 Å². The monoisotopic (exact) mass is 494 g/mol. The van der Waals surface area contributed by atoms with Crippen LogP contribution >= 0.6 is 11.6 Å². The first-order valence-corrected chi connectivity index (χ1v) is 12.9. The lowest BCUT2D eigenvalue weighted by molar-refractivity contribution is -0.119. The molecular weight excluding hydrogens is 464 g/mol. The zero-order chi connectivity index (χ0) is 23.8. The molecule has 0 atom stereocenters. The van der Waals surface area contributed by atoms with Crippen LogP contribution in [0.15, 0.2) is 47.4 Å². The second-order valence-electron chi connectivity index (χ2n) is 8.12. The Hall–Kier alpha value is -2.29. The van der Waals surface area contributed by atoms with E-state index in [2.05, 4.69) is 5.32 Å². The molecule has 1 aliphatic rings. The number of methoxy groups -OCH3 is 1. The summed E-state index contributed by atoms with van der Waals surface area (Å²) in [7, 11) is -2.52. The molecule has 0 heterocycles. The average Bonchev–Trinajstić information content (AvgIpc) is 3.31. The molecule has 1 amide bonds. The number of carbonyl (C=O) groups excluding carboxylic acids is 1. The third-order valence-electron chi connectivity index (χ3n) is 5.62. The highest BCUT2D eigenvalue weighted by Gasteiger charge is 2.27. The molecule has 0 saturated heterocycles. The number of hydrogen-bond acceptors (Lipinski definition) is 5. The summed E-state index contributed by atoms with van der Waals surface area (Å²) in [5, 5.41) is 3.05. The van der Waals surface area contributed by atoms with Gasteiger partial charge in [-0.3, -0.25) is 9.10 Å². The summed E-state index contributed by atoms with van der Waals surface area (Å²) >= 11 is 6.24. The minimum atomic E-state index is -4.00. The Balaban J connectivity index is 1.70. The molecule has 2 aromatic rings. The van der Waals surface area contributed by atoms with Crippen molar-refractivity contribution < 1.29 is 22.7 Å². The zero-order valence-corrected chi connectivity index (χ0v) is 20.6. The summed E-state index contributed by atoms with van der Waals surface area (Å²) in [4.78, 5) is 12.8. The first-order chi connectivity index (χ1) is 15.8. The van der Waals surface area contributed by atoms with Crippen molar-refractivity contribution in [2.45, 2.75) is 50.0 Å². The Labute approximate surface area is 201 Å². The molecule has 7 nitrogen and oxygen atoms in total. The van der Waals surface area contributed by atoms with Crippen molar-refractivity contribution in [2.75, 3.05) is 31.1 Å². The summed E-state index contributed by atoms with van der Waals surface area (Å²) in [5.41, 5.74) is 1.21. The van der Waals surface area contributed by atoms with Gasteiger partial charge in [0.15, 0.2) is 0 Å². The number of nitrogens with zero attached hydrogens (tertiary/aromatic N) is 1. The molecule has 0 aromatic heterocycles. The molecule has 0 unspecified atom stereocenters. The first kappa shape index (κ1) is 25.3. The fourth-order valence-electron chi connectivity index (χ4n) is 3.75. The smallest absolute Gasteiger partial charge is 0.264 e. The van der Waals surface area contributed by atoms with Crippen LogP contribution in [-0.2, 0) is 19.6 Å². The number of carbonyl (C=O) groups is 1. The van der Waals surface area contributed by atoms with Crippen molar-refractivity contribution in [1.29, 1.82) is 0 Å². The molecule has 0 radical (unpaired) electrons. The van der Waals surface area contributed by atoms with Crippen molar-refractivity contribution >= 4 is 33.2 Å². The van der Waals surface area contributed by atoms with Gasteiger partial charge < -0.3 is 14.8 Å². The van der Waals surface area contributed by atoms with Crippen LogP contribution in [0.4, 0.5) is 5.69 Å². The molecule has 9 heteroatoms. The lowest BCUT2D eigenvalue weighted by Crippen LogP contribution is -2.41. The Morgan fingerprint density at radius 1 is 1.15 bits per heavy atom. The quantitative estimate of drug-likeness (QED) is 0.470. The molecule has 1 fully saturated rings. The number of ether oxygens (including phenoxy) is 2. The lowest BCUT2D eigenvalue weighted by atomic mass is 10.2. The van der Waals surface area contributed by atoms with Crippen molar-refractivity contribution in [3.05, 3.63) is 53.1 Å². The van der Waals surface area contributed by atoms with E-state index in [1.54, 1.807) is 24.3 Å². The molecule has 0 spiro atoms. The Morgan fingerprint density at radius 2 is 1.85 bits per heavy atom. The van der Waals surface area contributed by atoms with E-state index in [0.717, 1.165) is 22.7 Å². The van der Waals surface area contributed by atoms with Crippen LogP contribution in [0.5, 0.6) is 5.75 Å². The van der Waals surface area contributed by atoms with E-state index in [-0.39, 0.29) is 22.2 Å². The number of benzene rings is 2. The van der Waals surface area contributed by atoms with Gasteiger partial charge in [-0.05, 0) is 56.5 Å². The molecule has 1 saturated carbocycles. The number of sulfonamides is 1. The molecule has 0 bridgehead atoms. The molecule has 2 aromatic carbocycles. The summed E-state index contributed by atoms with van der Waals surface area (Å²) in [6.07, 6.45) is 5.62. The average molecular weight is 495 g/mol. The van der Waals surface area contributed by atoms with E-state index in [0.29, 0.717) is 31.4 Å². The fourth-order valence-corrected chi connectivity index (χ4v) is 5.42. The zero-order valence-electron chi connectivity index (χ0n) is 19.1. The highest BCUT2D eigenvalue weighted by molar-refractivity contribution is 7.92. The molecule has 1 aliphatic carbocycles. The normalized spacial score (nSPS) is 14.3. The van der Waals surface area contributed by atoms with Crippen LogP contribution in [0, 0.1) is 6.92 Å². The van der Waals surface area contributed by atoms with Crippen LogP contribution in [0.2, 0.25) is 5.02 Å². The molecule has 180 valence electrons. The highest BCUT2D eigenvalue weighted by Crippen LogP contribution is 2.32. The first-order valence-electron chi connectivity index (χ1n) is 11.1. The van der Waals surface area contributed by atoms with Crippen LogP contribution < -0.4 is 14.4 Å². The largest absolute Gasteiger partial charge is 0.495 e. The van der Waals surface area contributed by atoms with E-state index in [1.165, 1.54) is 38.2 Å². The summed E-state index contributed by atoms with van der Waals surface area (Å²) in [6.45, 7) is 2.49. The van der Waals surface area contributed by atoms with Gasteiger partial charge in [-0.15, -0.1) is 0 Å². The van der Waals surface area contributed by atoms with E-state index < -0.39 is 15.9 Å². The SMILES string of the molecule is COc1ccc(N(CC(=O)NCCCOC2CCCC2)S(=O)(=O)c2ccc(C)cc2)cc1Cl. The third-order valence-corrected chi connectivity index (χ3v) is 7.70. The molecule has 0 aliphatic heterocycles. The number of rotatable bonds is 11. The number of hydrogen-bond donors (Lipinski definition) is 1. The Morgan fingerprint density at radius 3 is 2.48 bits per heavy atom. The van der Waals surface area contributed by atoms with Gasteiger partial charge in [0.2, 0.25) is 5.91 Å². The van der Waals surface area contributed by atoms with Crippen molar-refractivity contribution in [1.82, 2.24) is 5.32 Å². The Bertz CT molecular complexity index is 1040. The van der Waals surface area contributed by atoms with E-state index in [4.69, 9.17) is 21.1 Å². The van der Waals surface area contributed by atoms with E-state index in [9.17, 15) is 13.2 Å². The van der Waals surface area contributed by atoms with Gasteiger partial charge >= 0.3 is 0 Å². The van der Waals surface area contributed by atoms with Crippen molar-refractivity contribution in [3.63, 3.8) is 0 Å². The topological polar surface area (TPSA) is 84.9 Å². The predicted octanol–water partition coefficient (Wildman–Crippen LogP) is 4.32. The van der Waals surface area contributed by atoms with E-state index >= 15 is 0 Å². The summed E-state index contributed by atoms with van der Waals surface area (Å²) in [6, 6.07) is 11.1. The molecular formula is C24H31ClN2O5S. The third kappa shape index (κ3) is 6.85. The molecule has 3 rings (SSSR count). The number of anilines is 1. The highest BCUT2D eigenvalue weighted by atomic mass is 35.5. The fraction of sp³-hybridized carbons (Fsp3) is 0.458. The second-order valence-corrected chi connectivity index (χ2v) is 10.4. The summed E-state index contributed by atoms with van der Waals surface area (Å²) < 4.78 is 38.9. The lowest BCUT2D eigenvalue weighted by Gasteiger charge is -2.24. The molecule has 1 N–H and O–H groups in total. The van der Waals surface area contributed by atoms with Crippen LogP contribution in [-0.4, -0.2) is 47.2 Å². The van der Waals surface area contributed by atoms with Gasteiger partial charge in [0.25, 0.3) is 10.0 Å². The standard InChI is InChI=1S/C24H31ClN2O5S/c1-18-8-11-21(12-9-18)33(29,30)27(19-10-13-23(31-2)22(25)16-19)17-24(28)26-14-5-15-32-20-6-3-4-7-20/h8-13,16,20H,3-7,14-15,17H2,1-2H3,(H,26,28). The van der Waals surface area contributed by atoms with Crippen LogP contribution in [0.1, 0.15) is 37.7 Å². The molecule has 33 heavy (non-hydrogen) atoms. The Kier molecular flexibility index (Phi) is 9.00. The maximum absolute atomic E-state index is 13.4. The number of amides is 1. The minimum absolute atomic E-state index is 0.0952. The summed E-state index contributed by atoms with van der Waals surface area (Å²) in [5.74, 6) is 0.0123. The van der Waals surface area contributed by atoms with Gasteiger partial charge in [0, 0.05) is 13.2 Å². The second kappa shape index (κ2) is 11.7. The van der Waals surface area contributed by atoms with Gasteiger partial charge in [0.05, 0.1) is 28.8 Å². The predicted molar refractivity (Wildman–Crippen MR) is 130 cm³/mol. The van der Waals surface area contributed by atoms with E-state index in [1.807, 2.05) is 6.92 Å². The van der Waals surface area contributed by atoms with Crippen molar-refractivity contribution in [2.24, 2.45) is 0 Å². The van der Waals surface area contributed by atoms with Crippen molar-refractivity contribution in [3.8, 4) is 5.75 Å². The maximum atomic E-state index is 13.4. The van der Waals surface area contributed by atoms with Gasteiger partial charge in [-0.2, -0.15) is 0 Å². The number of nitrogens with one attached hydrogen (secondary N) is 1. The van der Waals surface area contributed by atoms with Crippen LogP contribution in [0.25, 0.3) is 0 Å².